The number of ether oxygens (including phenoxy) is 1. The summed E-state index contributed by atoms with van der Waals surface area (Å²) in [4.78, 5) is 34.5. The van der Waals surface area contributed by atoms with E-state index in [0.29, 0.717) is 24.6 Å². The molecule has 2 N–H and O–H groups in total. The van der Waals surface area contributed by atoms with Crippen LogP contribution in [0.25, 0.3) is 10.9 Å². The molecule has 0 unspecified atom stereocenters. The first-order valence-electron chi connectivity index (χ1n) is 10.5. The highest BCUT2D eigenvalue weighted by Gasteiger charge is 2.22. The zero-order valence-electron chi connectivity index (χ0n) is 18.1. The summed E-state index contributed by atoms with van der Waals surface area (Å²) in [5.74, 6) is 2.70. The van der Waals surface area contributed by atoms with Gasteiger partial charge in [0, 0.05) is 41.5 Å². The molecule has 166 valence electrons. The summed E-state index contributed by atoms with van der Waals surface area (Å²) in [5.41, 5.74) is 2.91. The van der Waals surface area contributed by atoms with E-state index in [1.807, 2.05) is 48.2 Å². The van der Waals surface area contributed by atoms with Gasteiger partial charge in [0.2, 0.25) is 5.91 Å². The fourth-order valence-electron chi connectivity index (χ4n) is 3.60. The smallest absolute Gasteiger partial charge is 0.320 e. The van der Waals surface area contributed by atoms with E-state index in [-0.39, 0.29) is 24.5 Å². The highest BCUT2D eigenvalue weighted by Crippen LogP contribution is 2.26. The van der Waals surface area contributed by atoms with Crippen molar-refractivity contribution in [1.29, 1.82) is 0 Å². The summed E-state index contributed by atoms with van der Waals surface area (Å²) < 4.78 is 5.11. The van der Waals surface area contributed by atoms with Crippen molar-refractivity contribution < 1.29 is 14.3 Å². The molecule has 4 rings (SSSR count). The largest absolute Gasteiger partial charge is 0.460 e. The number of nitrogens with zero attached hydrogens (tertiary/aromatic N) is 3. The number of benzene rings is 2. The van der Waals surface area contributed by atoms with E-state index in [1.54, 1.807) is 12.1 Å². The number of nitrogens with one attached hydrogen (secondary N) is 2. The minimum atomic E-state index is -0.268. The van der Waals surface area contributed by atoms with Gasteiger partial charge in [0.05, 0.1) is 12.1 Å². The summed E-state index contributed by atoms with van der Waals surface area (Å²) in [6.07, 6.45) is 10.0. The first-order chi connectivity index (χ1) is 16.0. The van der Waals surface area contributed by atoms with Crippen LogP contribution in [-0.4, -0.2) is 52.5 Å². The van der Waals surface area contributed by atoms with Gasteiger partial charge in [0.15, 0.2) is 0 Å². The molecular formula is C25H23N5O3. The number of fused-ring (bicyclic) bond motifs is 1. The monoisotopic (exact) mass is 441 g/mol. The predicted molar refractivity (Wildman–Crippen MR) is 127 cm³/mol. The van der Waals surface area contributed by atoms with Crippen LogP contribution in [0.2, 0.25) is 0 Å². The van der Waals surface area contributed by atoms with Gasteiger partial charge in [-0.3, -0.25) is 14.5 Å². The van der Waals surface area contributed by atoms with Crippen molar-refractivity contribution in [2.45, 2.75) is 13.0 Å². The maximum atomic E-state index is 12.4. The Balaban J connectivity index is 1.45. The van der Waals surface area contributed by atoms with Crippen molar-refractivity contribution in [1.82, 2.24) is 14.9 Å². The molecule has 1 aliphatic heterocycles. The van der Waals surface area contributed by atoms with E-state index in [2.05, 4.69) is 26.5 Å². The number of hydrogen-bond donors (Lipinski definition) is 2. The number of anilines is 3. The van der Waals surface area contributed by atoms with E-state index in [1.165, 1.54) is 12.4 Å². The van der Waals surface area contributed by atoms with Crippen LogP contribution in [0, 0.1) is 12.3 Å². The lowest BCUT2D eigenvalue weighted by Crippen LogP contribution is -2.44. The standard InChI is InChI=1S/C25H23N5O3/c1-3-18-6-4-7-19(12-18)29-25-21-13-20(9-10-22(21)26-16-27-25)28-23(31)8-5-11-30-14-17(2)33-24(32)15-30/h1,4-10,12-13,16-17H,11,14-15H2,2H3,(H,28,31)(H,26,27,29)/t17-/m1/s1. The van der Waals surface area contributed by atoms with Gasteiger partial charge in [-0.25, -0.2) is 9.97 Å². The van der Waals surface area contributed by atoms with E-state index < -0.39 is 0 Å². The average Bonchev–Trinajstić information content (AvgIpc) is 2.79. The summed E-state index contributed by atoms with van der Waals surface area (Å²) in [7, 11) is 0. The third-order valence-corrected chi connectivity index (χ3v) is 5.03. The van der Waals surface area contributed by atoms with E-state index >= 15 is 0 Å². The van der Waals surface area contributed by atoms with Crippen molar-refractivity contribution in [2.24, 2.45) is 0 Å². The third kappa shape index (κ3) is 5.73. The highest BCUT2D eigenvalue weighted by molar-refractivity contribution is 6.01. The molecule has 0 spiro atoms. The number of carbonyl (C=O) groups is 2. The van der Waals surface area contributed by atoms with Crippen molar-refractivity contribution >= 4 is 40.0 Å². The normalized spacial score (nSPS) is 16.4. The molecule has 2 aromatic carbocycles. The quantitative estimate of drug-likeness (QED) is 0.345. The molecule has 1 saturated heterocycles. The van der Waals surface area contributed by atoms with Gasteiger partial charge in [0.25, 0.3) is 0 Å². The van der Waals surface area contributed by atoms with Crippen LogP contribution in [0.5, 0.6) is 0 Å². The topological polar surface area (TPSA) is 96.5 Å². The maximum absolute atomic E-state index is 12.4. The second kappa shape index (κ2) is 9.94. The molecule has 0 saturated carbocycles. The highest BCUT2D eigenvalue weighted by atomic mass is 16.5. The lowest BCUT2D eigenvalue weighted by molar-refractivity contribution is -0.156. The Morgan fingerprint density at radius 2 is 2.15 bits per heavy atom. The first kappa shape index (κ1) is 22.0. The van der Waals surface area contributed by atoms with E-state index in [9.17, 15) is 9.59 Å². The van der Waals surface area contributed by atoms with Gasteiger partial charge < -0.3 is 15.4 Å². The van der Waals surface area contributed by atoms with Crippen molar-refractivity contribution in [3.8, 4) is 12.3 Å². The number of cyclic esters (lactones) is 1. The fraction of sp³-hybridized carbons (Fsp3) is 0.200. The Morgan fingerprint density at radius 3 is 2.97 bits per heavy atom. The molecule has 8 nitrogen and oxygen atoms in total. The van der Waals surface area contributed by atoms with Crippen LogP contribution in [0.15, 0.2) is 60.9 Å². The predicted octanol–water partition coefficient (Wildman–Crippen LogP) is 3.10. The van der Waals surface area contributed by atoms with Crippen molar-refractivity contribution in [3.05, 3.63) is 66.5 Å². The molecule has 1 fully saturated rings. The minimum absolute atomic E-state index is 0.148. The molecule has 8 heteroatoms. The first-order valence-corrected chi connectivity index (χ1v) is 10.5. The zero-order chi connectivity index (χ0) is 23.2. The second-order valence-corrected chi connectivity index (χ2v) is 7.69. The van der Waals surface area contributed by atoms with Crippen LogP contribution in [0.3, 0.4) is 0 Å². The van der Waals surface area contributed by atoms with Gasteiger partial charge in [-0.05, 0) is 43.3 Å². The van der Waals surface area contributed by atoms with Crippen LogP contribution in [0.1, 0.15) is 12.5 Å². The van der Waals surface area contributed by atoms with Crippen LogP contribution in [-0.2, 0) is 14.3 Å². The maximum Gasteiger partial charge on any atom is 0.320 e. The molecule has 2 heterocycles. The Hall–Kier alpha value is -4.22. The van der Waals surface area contributed by atoms with Gasteiger partial charge in [-0.1, -0.05) is 18.1 Å². The number of aromatic nitrogens is 2. The van der Waals surface area contributed by atoms with Crippen LogP contribution in [0.4, 0.5) is 17.2 Å². The SMILES string of the molecule is C#Cc1cccc(Nc2ncnc3ccc(NC(=O)C=CCN4CC(=O)O[C@H](C)C4)cc23)c1. The third-order valence-electron chi connectivity index (χ3n) is 5.03. The molecule has 1 atom stereocenters. The minimum Gasteiger partial charge on any atom is -0.460 e. The molecule has 1 aliphatic rings. The lowest BCUT2D eigenvalue weighted by atomic mass is 10.2. The summed E-state index contributed by atoms with van der Waals surface area (Å²) in [5, 5.41) is 6.87. The Morgan fingerprint density at radius 1 is 1.27 bits per heavy atom. The molecule has 1 aromatic heterocycles. The molecule has 33 heavy (non-hydrogen) atoms. The number of terminal acetylenes is 1. The van der Waals surface area contributed by atoms with Gasteiger partial charge in [0.1, 0.15) is 18.2 Å². The summed E-state index contributed by atoms with van der Waals surface area (Å²) >= 11 is 0. The van der Waals surface area contributed by atoms with Crippen molar-refractivity contribution in [3.63, 3.8) is 0 Å². The molecule has 0 aliphatic carbocycles. The van der Waals surface area contributed by atoms with Gasteiger partial charge in [-0.2, -0.15) is 0 Å². The molecule has 1 amide bonds. The van der Waals surface area contributed by atoms with Crippen molar-refractivity contribution in [2.75, 3.05) is 30.3 Å². The molecule has 3 aromatic rings. The molecule has 0 radical (unpaired) electrons. The molecule has 0 bridgehead atoms. The lowest BCUT2D eigenvalue weighted by Gasteiger charge is -2.29. The number of carbonyl (C=O) groups excluding carboxylic acids is 2. The average molecular weight is 441 g/mol. The number of esters is 1. The molecular weight excluding hydrogens is 418 g/mol. The van der Waals surface area contributed by atoms with E-state index in [4.69, 9.17) is 11.2 Å². The number of rotatable bonds is 6. The number of hydrogen-bond acceptors (Lipinski definition) is 7. The zero-order valence-corrected chi connectivity index (χ0v) is 18.1. The Bertz CT molecular complexity index is 1260. The number of amides is 1. The Labute approximate surface area is 191 Å². The van der Waals surface area contributed by atoms with Gasteiger partial charge in [-0.15, -0.1) is 6.42 Å². The second-order valence-electron chi connectivity index (χ2n) is 7.69. The number of morpholine rings is 1. The van der Waals surface area contributed by atoms with Crippen LogP contribution < -0.4 is 10.6 Å². The fourth-order valence-corrected chi connectivity index (χ4v) is 3.60. The Kier molecular flexibility index (Phi) is 6.62. The summed E-state index contributed by atoms with van der Waals surface area (Å²) in [6, 6.07) is 12.9. The van der Waals surface area contributed by atoms with Crippen LogP contribution >= 0.6 is 0 Å². The van der Waals surface area contributed by atoms with Gasteiger partial charge >= 0.3 is 5.97 Å². The van der Waals surface area contributed by atoms with E-state index in [0.717, 1.165) is 22.2 Å². The summed E-state index contributed by atoms with van der Waals surface area (Å²) in [6.45, 7) is 3.20.